The maximum absolute atomic E-state index is 10.1. The fourth-order valence-corrected chi connectivity index (χ4v) is 0.290. The molecule has 0 unspecified atom stereocenters. The summed E-state index contributed by atoms with van der Waals surface area (Å²) in [6, 6.07) is -0.964. The van der Waals surface area contributed by atoms with E-state index < -0.39 is 22.5 Å². The van der Waals surface area contributed by atoms with E-state index in [0.29, 0.717) is 0 Å². The highest BCUT2D eigenvalue weighted by atomic mass is 32.3. The van der Waals surface area contributed by atoms with Gasteiger partial charge in [-0.3, -0.25) is 9.11 Å². The molecule has 1 aliphatic heterocycles. The van der Waals surface area contributed by atoms with Gasteiger partial charge in [0, 0.05) is 0 Å². The fraction of sp³-hybridized carbons (Fsp3) is 0. The van der Waals surface area contributed by atoms with Crippen LogP contribution in [-0.2, 0) is 10.4 Å². The van der Waals surface area contributed by atoms with Crippen molar-refractivity contribution in [1.29, 1.82) is 0 Å². The SMILES string of the molecule is O=C1NNC(=O)NN1.O=S(=O)(O)O. The molecule has 0 atom stereocenters. The number of urea groups is 2. The molecule has 0 radical (unpaired) electrons. The molecule has 13 heavy (non-hydrogen) atoms. The third-order valence-corrected chi connectivity index (χ3v) is 0.579. The zero-order chi connectivity index (χ0) is 10.5. The van der Waals surface area contributed by atoms with Gasteiger partial charge in [0.15, 0.2) is 0 Å². The topological polar surface area (TPSA) is 157 Å². The normalized spacial score (nSPS) is 15.2. The van der Waals surface area contributed by atoms with Crippen LogP contribution >= 0.6 is 0 Å². The Balaban J connectivity index is 0.000000252. The van der Waals surface area contributed by atoms with E-state index >= 15 is 0 Å². The predicted molar refractivity (Wildman–Crippen MR) is 37.5 cm³/mol. The molecule has 1 aliphatic rings. The van der Waals surface area contributed by atoms with Crippen LogP contribution in [0.5, 0.6) is 0 Å². The van der Waals surface area contributed by atoms with Crippen molar-refractivity contribution in [3.05, 3.63) is 0 Å². The van der Waals surface area contributed by atoms with E-state index in [1.807, 2.05) is 21.7 Å². The average Bonchev–Trinajstić information content (AvgIpc) is 1.92. The molecular formula is C2H6N4O6S. The summed E-state index contributed by atoms with van der Waals surface area (Å²) in [5.41, 5.74) is 8.08. The molecule has 0 aliphatic carbocycles. The van der Waals surface area contributed by atoms with Gasteiger partial charge in [0.1, 0.15) is 0 Å². The first-order valence-electron chi connectivity index (χ1n) is 2.61. The number of nitrogens with one attached hydrogen (secondary N) is 4. The molecule has 0 bridgehead atoms. The second kappa shape index (κ2) is 4.44. The molecule has 6 N–H and O–H groups in total. The minimum atomic E-state index is -4.67. The number of amides is 4. The van der Waals surface area contributed by atoms with Gasteiger partial charge in [0.2, 0.25) is 0 Å². The molecule has 0 aromatic heterocycles. The summed E-state index contributed by atoms with van der Waals surface area (Å²) in [7, 11) is -4.67. The fourth-order valence-electron chi connectivity index (χ4n) is 0.290. The van der Waals surface area contributed by atoms with Crippen molar-refractivity contribution in [2.75, 3.05) is 0 Å². The van der Waals surface area contributed by atoms with Crippen LogP contribution in [0.2, 0.25) is 0 Å². The number of carbonyl (C=O) groups is 2. The predicted octanol–water partition coefficient (Wildman–Crippen LogP) is -2.22. The quantitative estimate of drug-likeness (QED) is 0.250. The van der Waals surface area contributed by atoms with Gasteiger partial charge in [-0.1, -0.05) is 0 Å². The van der Waals surface area contributed by atoms with Crippen molar-refractivity contribution in [2.45, 2.75) is 0 Å². The molecule has 0 spiro atoms. The standard InChI is InChI=1S/C2H4N4O2.H2O4S/c7-1-3-5-2(8)6-4-1;1-5(2,3)4/h(H2,3,4,7)(H2,5,6,8);(H2,1,2,3,4). The van der Waals surface area contributed by atoms with Crippen molar-refractivity contribution in [3.8, 4) is 0 Å². The Kier molecular flexibility index (Phi) is 3.90. The first-order valence-corrected chi connectivity index (χ1v) is 4.00. The Morgan fingerprint density at radius 2 is 1.00 bits per heavy atom. The molecule has 1 heterocycles. The van der Waals surface area contributed by atoms with E-state index in [0.717, 1.165) is 0 Å². The third-order valence-electron chi connectivity index (χ3n) is 0.579. The van der Waals surface area contributed by atoms with E-state index in [1.165, 1.54) is 0 Å². The Morgan fingerprint density at radius 3 is 1.15 bits per heavy atom. The monoisotopic (exact) mass is 214 g/mol. The highest BCUT2D eigenvalue weighted by Crippen LogP contribution is 1.64. The van der Waals surface area contributed by atoms with Gasteiger partial charge >= 0.3 is 22.5 Å². The molecule has 0 aromatic rings. The third kappa shape index (κ3) is 10.4. The summed E-state index contributed by atoms with van der Waals surface area (Å²) in [4.78, 5) is 20.2. The van der Waals surface area contributed by atoms with Crippen LogP contribution < -0.4 is 21.7 Å². The lowest BCUT2D eigenvalue weighted by Gasteiger charge is -2.14. The molecule has 76 valence electrons. The zero-order valence-electron chi connectivity index (χ0n) is 5.94. The van der Waals surface area contributed by atoms with Gasteiger partial charge in [-0.25, -0.2) is 31.3 Å². The maximum Gasteiger partial charge on any atom is 0.394 e. The number of hydrogen-bond donors (Lipinski definition) is 6. The van der Waals surface area contributed by atoms with Crippen LogP contribution in [0.25, 0.3) is 0 Å². The van der Waals surface area contributed by atoms with Crippen LogP contribution in [0.15, 0.2) is 0 Å². The summed E-state index contributed by atoms with van der Waals surface area (Å²) in [5, 5.41) is 0. The summed E-state index contributed by atoms with van der Waals surface area (Å²) in [6.07, 6.45) is 0. The second-order valence-corrected chi connectivity index (χ2v) is 2.50. The smallest absolute Gasteiger partial charge is 0.264 e. The lowest BCUT2D eigenvalue weighted by Crippen LogP contribution is -2.62. The number of rotatable bonds is 0. The summed E-state index contributed by atoms with van der Waals surface area (Å²) >= 11 is 0. The van der Waals surface area contributed by atoms with Gasteiger partial charge in [-0.2, -0.15) is 8.42 Å². The molecule has 11 heteroatoms. The van der Waals surface area contributed by atoms with Crippen molar-refractivity contribution in [3.63, 3.8) is 0 Å². The first-order chi connectivity index (χ1) is 5.79. The minimum Gasteiger partial charge on any atom is -0.264 e. The van der Waals surface area contributed by atoms with Crippen LogP contribution in [0.1, 0.15) is 0 Å². The molecule has 1 fully saturated rings. The van der Waals surface area contributed by atoms with Gasteiger partial charge in [0.25, 0.3) is 0 Å². The summed E-state index contributed by atoms with van der Waals surface area (Å²) in [5.74, 6) is 0. The highest BCUT2D eigenvalue weighted by molar-refractivity contribution is 7.79. The average molecular weight is 214 g/mol. The molecule has 1 saturated heterocycles. The lowest BCUT2D eigenvalue weighted by molar-refractivity contribution is 0.206. The Bertz CT molecular complexity index is 260. The molecule has 0 aromatic carbocycles. The molecular weight excluding hydrogens is 208 g/mol. The number of carbonyl (C=O) groups excluding carboxylic acids is 2. The van der Waals surface area contributed by atoms with E-state index in [4.69, 9.17) is 17.5 Å². The van der Waals surface area contributed by atoms with Crippen LogP contribution in [-0.4, -0.2) is 29.6 Å². The van der Waals surface area contributed by atoms with Gasteiger partial charge in [-0.05, 0) is 0 Å². The van der Waals surface area contributed by atoms with Crippen LogP contribution in [0.4, 0.5) is 9.59 Å². The highest BCUT2D eigenvalue weighted by Gasteiger charge is 2.08. The molecule has 10 nitrogen and oxygen atoms in total. The molecule has 4 amide bonds. The zero-order valence-corrected chi connectivity index (χ0v) is 6.75. The summed E-state index contributed by atoms with van der Waals surface area (Å²) in [6.45, 7) is 0. The Labute approximate surface area is 72.2 Å². The lowest BCUT2D eigenvalue weighted by atomic mass is 10.9. The molecule has 0 saturated carbocycles. The van der Waals surface area contributed by atoms with Gasteiger partial charge in [-0.15, -0.1) is 0 Å². The number of hydrogen-bond acceptors (Lipinski definition) is 4. The van der Waals surface area contributed by atoms with E-state index in [9.17, 15) is 9.59 Å². The van der Waals surface area contributed by atoms with Crippen LogP contribution in [0.3, 0.4) is 0 Å². The van der Waals surface area contributed by atoms with E-state index in [1.54, 1.807) is 0 Å². The van der Waals surface area contributed by atoms with E-state index in [2.05, 4.69) is 0 Å². The first kappa shape index (κ1) is 11.4. The summed E-state index contributed by atoms with van der Waals surface area (Å²) < 4.78 is 31.6. The van der Waals surface area contributed by atoms with Crippen molar-refractivity contribution >= 4 is 22.5 Å². The maximum atomic E-state index is 10.1. The van der Waals surface area contributed by atoms with Crippen molar-refractivity contribution in [1.82, 2.24) is 21.7 Å². The van der Waals surface area contributed by atoms with Gasteiger partial charge < -0.3 is 0 Å². The Morgan fingerprint density at radius 1 is 0.846 bits per heavy atom. The van der Waals surface area contributed by atoms with E-state index in [-0.39, 0.29) is 0 Å². The number of hydrazine groups is 2. The van der Waals surface area contributed by atoms with Crippen LogP contribution in [0, 0.1) is 0 Å². The van der Waals surface area contributed by atoms with Crippen molar-refractivity contribution < 1.29 is 27.1 Å². The second-order valence-electron chi connectivity index (χ2n) is 1.61. The molecule has 1 rings (SSSR count). The minimum absolute atomic E-state index is 0.482. The van der Waals surface area contributed by atoms with Gasteiger partial charge in [0.05, 0.1) is 0 Å². The van der Waals surface area contributed by atoms with Crippen molar-refractivity contribution in [2.24, 2.45) is 0 Å². The Hall–Kier alpha value is -1.59. The largest absolute Gasteiger partial charge is 0.394 e.